The van der Waals surface area contributed by atoms with Gasteiger partial charge in [0, 0.05) is 5.56 Å². The topological polar surface area (TPSA) is 28.7 Å². The third kappa shape index (κ3) is 1.95. The van der Waals surface area contributed by atoms with E-state index in [-0.39, 0.29) is 5.82 Å². The summed E-state index contributed by atoms with van der Waals surface area (Å²) >= 11 is 5.17. The molecule has 0 fully saturated rings. The predicted octanol–water partition coefficient (Wildman–Crippen LogP) is 4.74. The zero-order valence-electron chi connectivity index (χ0n) is 9.05. The molecule has 0 amide bonds. The molecule has 1 aromatic heterocycles. The lowest BCUT2D eigenvalue weighted by Crippen LogP contribution is -1.90. The van der Waals surface area contributed by atoms with E-state index in [1.165, 1.54) is 0 Å². The first-order chi connectivity index (χ1) is 8.66. The van der Waals surface area contributed by atoms with Crippen molar-refractivity contribution in [1.29, 1.82) is 0 Å². The number of H-pyrrole nitrogens is 1. The van der Waals surface area contributed by atoms with E-state index >= 15 is 0 Å². The van der Waals surface area contributed by atoms with E-state index in [2.05, 4.69) is 25.9 Å². The van der Waals surface area contributed by atoms with Crippen LogP contribution in [0.15, 0.2) is 40.9 Å². The number of imidazole rings is 1. The average molecular weight is 417 g/mol. The molecule has 2 nitrogen and oxygen atoms in total. The van der Waals surface area contributed by atoms with Crippen molar-refractivity contribution in [3.8, 4) is 11.4 Å². The highest BCUT2D eigenvalue weighted by molar-refractivity contribution is 14.1. The molecular weight excluding hydrogens is 410 g/mol. The number of fused-ring (bicyclic) bond motifs is 1. The first kappa shape index (κ1) is 12.1. The van der Waals surface area contributed by atoms with E-state index in [4.69, 9.17) is 0 Å². The molecule has 90 valence electrons. The maximum Gasteiger partial charge on any atom is 0.151 e. The van der Waals surface area contributed by atoms with Crippen LogP contribution in [0.25, 0.3) is 22.4 Å². The van der Waals surface area contributed by atoms with Crippen LogP contribution in [0.1, 0.15) is 0 Å². The van der Waals surface area contributed by atoms with Gasteiger partial charge in [-0.05, 0) is 62.8 Å². The van der Waals surface area contributed by atoms with Gasteiger partial charge in [0.1, 0.15) is 5.82 Å². The molecule has 3 rings (SSSR count). The Kier molecular flexibility index (Phi) is 3.11. The summed E-state index contributed by atoms with van der Waals surface area (Å²) in [6, 6.07) is 11.3. The Morgan fingerprint density at radius 2 is 1.94 bits per heavy atom. The largest absolute Gasteiger partial charge is 0.338 e. The summed E-state index contributed by atoms with van der Waals surface area (Å²) in [6.45, 7) is 0. The van der Waals surface area contributed by atoms with Crippen molar-refractivity contribution in [1.82, 2.24) is 9.97 Å². The Morgan fingerprint density at radius 1 is 1.17 bits per heavy atom. The second-order valence-electron chi connectivity index (χ2n) is 3.83. The average Bonchev–Trinajstić information content (AvgIpc) is 2.79. The van der Waals surface area contributed by atoms with Gasteiger partial charge in [-0.2, -0.15) is 0 Å². The molecule has 3 aromatic rings. The van der Waals surface area contributed by atoms with Crippen LogP contribution in [0.5, 0.6) is 0 Å². The zero-order chi connectivity index (χ0) is 12.7. The van der Waals surface area contributed by atoms with E-state index in [9.17, 15) is 4.39 Å². The first-order valence-corrected chi connectivity index (χ1v) is 7.12. The summed E-state index contributed by atoms with van der Waals surface area (Å²) in [4.78, 5) is 7.67. The lowest BCUT2D eigenvalue weighted by Gasteiger charge is -2.03. The van der Waals surface area contributed by atoms with Crippen molar-refractivity contribution in [2.24, 2.45) is 0 Å². The Hall–Kier alpha value is -0.950. The smallest absolute Gasteiger partial charge is 0.151 e. The Balaban J connectivity index is 2.23. The van der Waals surface area contributed by atoms with Crippen molar-refractivity contribution < 1.29 is 4.39 Å². The first-order valence-electron chi connectivity index (χ1n) is 5.25. The van der Waals surface area contributed by atoms with Gasteiger partial charge in [-0.15, -0.1) is 0 Å². The van der Waals surface area contributed by atoms with E-state index in [0.29, 0.717) is 13.9 Å². The minimum atomic E-state index is -0.256. The minimum absolute atomic E-state index is 0.256. The fourth-order valence-corrected chi connectivity index (χ4v) is 3.22. The summed E-state index contributed by atoms with van der Waals surface area (Å²) in [6.07, 6.45) is 0. The molecule has 0 bridgehead atoms. The monoisotopic (exact) mass is 416 g/mol. The quantitative estimate of drug-likeness (QED) is 0.450. The molecule has 0 aliphatic heterocycles. The molecular formula is C13H7BrFIN2. The van der Waals surface area contributed by atoms with Crippen LogP contribution in [0.3, 0.4) is 0 Å². The number of nitrogens with zero attached hydrogens (tertiary/aromatic N) is 1. The number of hydrogen-bond acceptors (Lipinski definition) is 1. The normalized spacial score (nSPS) is 11.1. The molecule has 0 saturated heterocycles. The number of rotatable bonds is 1. The van der Waals surface area contributed by atoms with Gasteiger partial charge < -0.3 is 4.98 Å². The van der Waals surface area contributed by atoms with Crippen molar-refractivity contribution in [2.45, 2.75) is 0 Å². The highest BCUT2D eigenvalue weighted by Crippen LogP contribution is 2.30. The number of aromatic amines is 1. The van der Waals surface area contributed by atoms with Crippen LogP contribution < -0.4 is 0 Å². The van der Waals surface area contributed by atoms with Gasteiger partial charge in [-0.1, -0.05) is 12.1 Å². The molecule has 0 atom stereocenters. The van der Waals surface area contributed by atoms with Gasteiger partial charge in [-0.25, -0.2) is 9.37 Å². The van der Waals surface area contributed by atoms with Gasteiger partial charge in [0.2, 0.25) is 0 Å². The van der Waals surface area contributed by atoms with Crippen LogP contribution in [0.4, 0.5) is 4.39 Å². The van der Waals surface area contributed by atoms with Crippen molar-refractivity contribution in [3.63, 3.8) is 0 Å². The number of nitrogens with one attached hydrogen (secondary N) is 1. The van der Waals surface area contributed by atoms with Crippen LogP contribution in [-0.2, 0) is 0 Å². The van der Waals surface area contributed by atoms with E-state index in [1.807, 2.05) is 52.9 Å². The molecule has 2 aromatic carbocycles. The predicted molar refractivity (Wildman–Crippen MR) is 81.9 cm³/mol. The second-order valence-corrected chi connectivity index (χ2v) is 5.76. The maximum absolute atomic E-state index is 13.8. The number of benzene rings is 2. The highest BCUT2D eigenvalue weighted by atomic mass is 127. The fourth-order valence-electron chi connectivity index (χ4n) is 1.79. The lowest BCUT2D eigenvalue weighted by atomic mass is 10.2. The third-order valence-corrected chi connectivity index (χ3v) is 4.35. The van der Waals surface area contributed by atoms with Crippen LogP contribution in [0.2, 0.25) is 0 Å². The lowest BCUT2D eigenvalue weighted by molar-refractivity contribution is 0.614. The standard InChI is InChI=1S/C13H7BrFIN2/c14-8-6-5-7(12(16)11(8)15)13-17-9-3-1-2-4-10(9)18-13/h1-6H,(H,17,18). The van der Waals surface area contributed by atoms with Gasteiger partial charge >= 0.3 is 0 Å². The summed E-state index contributed by atoms with van der Waals surface area (Å²) in [7, 11) is 0. The second kappa shape index (κ2) is 4.62. The Labute approximate surface area is 125 Å². The van der Waals surface area contributed by atoms with E-state index < -0.39 is 0 Å². The SMILES string of the molecule is Fc1c(Br)ccc(-c2nc3ccccc3[nH]2)c1I. The molecule has 0 saturated carbocycles. The van der Waals surface area contributed by atoms with Crippen LogP contribution in [0, 0.1) is 9.39 Å². The molecule has 18 heavy (non-hydrogen) atoms. The van der Waals surface area contributed by atoms with Gasteiger partial charge in [0.15, 0.2) is 5.82 Å². The molecule has 1 N–H and O–H groups in total. The van der Waals surface area contributed by atoms with E-state index in [1.54, 1.807) is 6.07 Å². The van der Waals surface area contributed by atoms with Crippen LogP contribution in [-0.4, -0.2) is 9.97 Å². The number of aromatic nitrogens is 2. The Bertz CT molecular complexity index is 706. The highest BCUT2D eigenvalue weighted by Gasteiger charge is 2.13. The molecule has 0 aliphatic carbocycles. The van der Waals surface area contributed by atoms with Crippen LogP contribution >= 0.6 is 38.5 Å². The molecule has 0 spiro atoms. The number of para-hydroxylation sites is 2. The molecule has 1 heterocycles. The van der Waals surface area contributed by atoms with E-state index in [0.717, 1.165) is 16.6 Å². The van der Waals surface area contributed by atoms with Crippen molar-refractivity contribution in [2.75, 3.05) is 0 Å². The maximum atomic E-state index is 13.8. The number of hydrogen-bond donors (Lipinski definition) is 1. The van der Waals surface area contributed by atoms with Gasteiger partial charge in [0.25, 0.3) is 0 Å². The third-order valence-electron chi connectivity index (χ3n) is 2.68. The van der Waals surface area contributed by atoms with Crippen molar-refractivity contribution >= 4 is 49.6 Å². The summed E-state index contributed by atoms with van der Waals surface area (Å²) < 4.78 is 14.9. The summed E-state index contributed by atoms with van der Waals surface area (Å²) in [5.74, 6) is 0.431. The minimum Gasteiger partial charge on any atom is -0.338 e. The number of halogens is 3. The molecule has 0 unspecified atom stereocenters. The zero-order valence-corrected chi connectivity index (χ0v) is 12.8. The van der Waals surface area contributed by atoms with Gasteiger partial charge in [0.05, 0.1) is 19.1 Å². The fraction of sp³-hybridized carbons (Fsp3) is 0. The molecule has 0 aliphatic rings. The Morgan fingerprint density at radius 3 is 2.72 bits per heavy atom. The molecule has 0 radical (unpaired) electrons. The molecule has 5 heteroatoms. The van der Waals surface area contributed by atoms with Crippen molar-refractivity contribution in [3.05, 3.63) is 50.3 Å². The van der Waals surface area contributed by atoms with Gasteiger partial charge in [-0.3, -0.25) is 0 Å². The summed E-state index contributed by atoms with van der Waals surface area (Å²) in [5.41, 5.74) is 2.60. The summed E-state index contributed by atoms with van der Waals surface area (Å²) in [5, 5.41) is 0.